The second-order valence-corrected chi connectivity index (χ2v) is 5.58. The minimum Gasteiger partial charge on any atom is -0.300 e. The molecule has 16 heavy (non-hydrogen) atoms. The molecule has 3 rings (SSSR count). The van der Waals surface area contributed by atoms with Crippen molar-refractivity contribution < 1.29 is 4.79 Å². The lowest BCUT2D eigenvalue weighted by molar-refractivity contribution is -0.121. The molecule has 0 aliphatic heterocycles. The van der Waals surface area contributed by atoms with E-state index in [2.05, 4.69) is 46.3 Å². The molecule has 1 nitrogen and oxygen atoms in total. The Hall–Kier alpha value is -0.890. The summed E-state index contributed by atoms with van der Waals surface area (Å²) in [7, 11) is 0. The molecular weight excluding hydrogens is 264 g/mol. The lowest BCUT2D eigenvalue weighted by atomic mass is 9.71. The predicted molar refractivity (Wildman–Crippen MR) is 68.3 cm³/mol. The van der Waals surface area contributed by atoms with Crippen molar-refractivity contribution in [2.24, 2.45) is 0 Å². The van der Waals surface area contributed by atoms with Crippen LogP contribution in [0.25, 0.3) is 6.08 Å². The van der Waals surface area contributed by atoms with Crippen molar-refractivity contribution in [3.8, 4) is 0 Å². The maximum Gasteiger partial charge on any atom is 0.133 e. The molecule has 0 bridgehead atoms. The molecule has 1 saturated carbocycles. The summed E-state index contributed by atoms with van der Waals surface area (Å²) in [5.74, 6) is 0.419. The molecule has 0 N–H and O–H groups in total. The summed E-state index contributed by atoms with van der Waals surface area (Å²) < 4.78 is 1.16. The van der Waals surface area contributed by atoms with E-state index in [1.807, 2.05) is 0 Å². The number of carbonyl (C=O) groups excluding carboxylic acids is 1. The third kappa shape index (κ3) is 1.40. The summed E-state index contributed by atoms with van der Waals surface area (Å²) in [5, 5.41) is 0. The number of Topliss-reactive ketones (excluding diaryl/α,β-unsaturated/α-hetero) is 1. The van der Waals surface area contributed by atoms with E-state index in [-0.39, 0.29) is 5.41 Å². The summed E-state index contributed by atoms with van der Waals surface area (Å²) in [6.45, 7) is 0. The van der Waals surface area contributed by atoms with Crippen molar-refractivity contribution in [2.45, 2.75) is 31.1 Å². The van der Waals surface area contributed by atoms with Crippen molar-refractivity contribution in [3.63, 3.8) is 0 Å². The van der Waals surface area contributed by atoms with Crippen LogP contribution in [0.2, 0.25) is 0 Å². The topological polar surface area (TPSA) is 17.1 Å². The van der Waals surface area contributed by atoms with Crippen molar-refractivity contribution in [1.82, 2.24) is 0 Å². The maximum atomic E-state index is 11.3. The molecule has 0 atom stereocenters. The van der Waals surface area contributed by atoms with E-state index in [9.17, 15) is 4.79 Å². The number of halogens is 1. The zero-order chi connectivity index (χ0) is 11.2. The van der Waals surface area contributed by atoms with Gasteiger partial charge in [-0.3, -0.25) is 4.79 Å². The number of ketones is 1. The molecule has 0 unspecified atom stereocenters. The average molecular weight is 277 g/mol. The zero-order valence-electron chi connectivity index (χ0n) is 9.00. The maximum absolute atomic E-state index is 11.3. The van der Waals surface area contributed by atoms with Gasteiger partial charge in [-0.15, -0.1) is 0 Å². The van der Waals surface area contributed by atoms with E-state index < -0.39 is 0 Å². The highest BCUT2D eigenvalue weighted by Gasteiger charge is 2.38. The van der Waals surface area contributed by atoms with Gasteiger partial charge in [0, 0.05) is 22.7 Å². The molecule has 2 heteroatoms. The molecule has 0 saturated heterocycles. The van der Waals surface area contributed by atoms with E-state index in [0.717, 1.165) is 30.2 Å². The van der Waals surface area contributed by atoms with Gasteiger partial charge in [-0.05, 0) is 30.0 Å². The predicted octanol–water partition coefficient (Wildman–Crippen LogP) is 3.86. The summed E-state index contributed by atoms with van der Waals surface area (Å²) >= 11 is 3.59. The van der Waals surface area contributed by atoms with Crippen molar-refractivity contribution in [1.29, 1.82) is 0 Å². The van der Waals surface area contributed by atoms with Crippen LogP contribution >= 0.6 is 15.9 Å². The fourth-order valence-corrected chi connectivity index (χ4v) is 3.38. The first-order valence-corrected chi connectivity index (χ1v) is 6.51. The Morgan fingerprint density at radius 3 is 2.69 bits per heavy atom. The number of hydrogen-bond acceptors (Lipinski definition) is 1. The number of allylic oxidation sites excluding steroid dienone is 1. The Labute approximate surface area is 104 Å². The van der Waals surface area contributed by atoms with Crippen LogP contribution in [-0.2, 0) is 10.2 Å². The molecule has 0 amide bonds. The van der Waals surface area contributed by atoms with Crippen LogP contribution in [0.5, 0.6) is 0 Å². The minimum absolute atomic E-state index is 0.146. The minimum atomic E-state index is 0.146. The van der Waals surface area contributed by atoms with E-state index in [1.54, 1.807) is 0 Å². The third-order valence-corrected chi connectivity index (χ3v) is 4.55. The average Bonchev–Trinajstić information content (AvgIpc) is 2.64. The normalized spacial score (nSPS) is 21.4. The van der Waals surface area contributed by atoms with E-state index in [0.29, 0.717) is 5.78 Å². The summed E-state index contributed by atoms with van der Waals surface area (Å²) in [4.78, 5) is 11.3. The Balaban J connectivity index is 2.06. The Bertz CT molecular complexity index is 478. The number of hydrogen-bond donors (Lipinski definition) is 0. The van der Waals surface area contributed by atoms with Gasteiger partial charge in [0.25, 0.3) is 0 Å². The summed E-state index contributed by atoms with van der Waals surface area (Å²) in [5.41, 5.74) is 2.85. The summed E-state index contributed by atoms with van der Waals surface area (Å²) in [6.07, 6.45) is 7.92. The fraction of sp³-hybridized carbons (Fsp3) is 0.357. The van der Waals surface area contributed by atoms with Gasteiger partial charge >= 0.3 is 0 Å². The highest BCUT2D eigenvalue weighted by atomic mass is 79.9. The van der Waals surface area contributed by atoms with Crippen LogP contribution in [-0.4, -0.2) is 5.78 Å². The Kier molecular flexibility index (Phi) is 2.28. The number of benzene rings is 1. The number of fused-ring (bicyclic) bond motifs is 2. The second-order valence-electron chi connectivity index (χ2n) is 4.73. The van der Waals surface area contributed by atoms with Gasteiger partial charge in [-0.2, -0.15) is 0 Å². The molecule has 2 aliphatic carbocycles. The first-order chi connectivity index (χ1) is 7.71. The molecule has 82 valence electrons. The molecule has 0 radical (unpaired) electrons. The van der Waals surface area contributed by atoms with E-state index in [1.165, 1.54) is 11.1 Å². The van der Waals surface area contributed by atoms with Crippen molar-refractivity contribution >= 4 is 27.8 Å². The van der Waals surface area contributed by atoms with Gasteiger partial charge in [0.15, 0.2) is 0 Å². The van der Waals surface area contributed by atoms with Crippen molar-refractivity contribution in [3.05, 3.63) is 39.9 Å². The summed E-state index contributed by atoms with van der Waals surface area (Å²) in [6, 6.07) is 6.38. The lowest BCUT2D eigenvalue weighted by Crippen LogP contribution is -2.28. The molecular formula is C14H13BrO. The Morgan fingerprint density at radius 1 is 1.19 bits per heavy atom. The highest BCUT2D eigenvalue weighted by Crippen LogP contribution is 2.47. The molecule has 0 aromatic heterocycles. The quantitative estimate of drug-likeness (QED) is 0.703. The van der Waals surface area contributed by atoms with Gasteiger partial charge in [-0.25, -0.2) is 0 Å². The molecule has 1 spiro atoms. The standard InChI is InChI=1S/C14H13BrO/c15-13-3-1-2-12-11(13)6-9-14(12)7-4-10(16)5-8-14/h1-3,6,9H,4-5,7-8H2. The first-order valence-electron chi connectivity index (χ1n) is 5.71. The van der Waals surface area contributed by atoms with Crippen molar-refractivity contribution in [2.75, 3.05) is 0 Å². The SMILES string of the molecule is O=C1CCC2(C=Cc3c(Br)cccc32)CC1. The highest BCUT2D eigenvalue weighted by molar-refractivity contribution is 9.10. The zero-order valence-corrected chi connectivity index (χ0v) is 10.6. The molecule has 1 fully saturated rings. The van der Waals surface area contributed by atoms with Crippen LogP contribution in [0.15, 0.2) is 28.7 Å². The second kappa shape index (κ2) is 3.56. The van der Waals surface area contributed by atoms with E-state index >= 15 is 0 Å². The van der Waals surface area contributed by atoms with E-state index in [4.69, 9.17) is 0 Å². The van der Waals surface area contributed by atoms with Crippen LogP contribution < -0.4 is 0 Å². The Morgan fingerprint density at radius 2 is 1.94 bits per heavy atom. The number of carbonyl (C=O) groups is 1. The molecule has 1 aromatic carbocycles. The fourth-order valence-electron chi connectivity index (χ4n) is 2.88. The van der Waals surface area contributed by atoms with Crippen LogP contribution in [0.1, 0.15) is 36.8 Å². The first kappa shape index (κ1) is 10.3. The monoisotopic (exact) mass is 276 g/mol. The molecule has 0 heterocycles. The molecule has 1 aromatic rings. The van der Waals surface area contributed by atoms with Gasteiger partial charge in [0.1, 0.15) is 5.78 Å². The van der Waals surface area contributed by atoms with Gasteiger partial charge in [0.2, 0.25) is 0 Å². The van der Waals surface area contributed by atoms with Crippen LogP contribution in [0.4, 0.5) is 0 Å². The van der Waals surface area contributed by atoms with Gasteiger partial charge in [-0.1, -0.05) is 40.2 Å². The largest absolute Gasteiger partial charge is 0.300 e. The smallest absolute Gasteiger partial charge is 0.133 e. The number of rotatable bonds is 0. The van der Waals surface area contributed by atoms with Crippen LogP contribution in [0.3, 0.4) is 0 Å². The lowest BCUT2D eigenvalue weighted by Gasteiger charge is -2.32. The molecule has 2 aliphatic rings. The third-order valence-electron chi connectivity index (χ3n) is 3.86. The van der Waals surface area contributed by atoms with Gasteiger partial charge in [0.05, 0.1) is 0 Å². The van der Waals surface area contributed by atoms with Crippen LogP contribution in [0, 0.1) is 0 Å². The van der Waals surface area contributed by atoms with Gasteiger partial charge < -0.3 is 0 Å².